The maximum atomic E-state index is 11.6. The van der Waals surface area contributed by atoms with Crippen LogP contribution in [0.25, 0.3) is 0 Å². The predicted molar refractivity (Wildman–Crippen MR) is 85.4 cm³/mol. The molecule has 0 aliphatic heterocycles. The maximum absolute atomic E-state index is 11.6. The third kappa shape index (κ3) is 8.57. The van der Waals surface area contributed by atoms with Crippen LogP contribution in [-0.4, -0.2) is 25.0 Å². The molecule has 0 aliphatic rings. The van der Waals surface area contributed by atoms with Gasteiger partial charge < -0.3 is 9.47 Å². The molecule has 122 valence electrons. The highest BCUT2D eigenvalue weighted by Gasteiger charge is 2.14. The number of ketones is 1. The van der Waals surface area contributed by atoms with E-state index in [0.29, 0.717) is 0 Å². The molecule has 0 amide bonds. The molecule has 0 saturated heterocycles. The molecule has 1 rings (SSSR count). The number of esters is 1. The zero-order valence-corrected chi connectivity index (χ0v) is 13.4. The van der Waals surface area contributed by atoms with Crippen LogP contribution in [0.1, 0.15) is 51.0 Å². The molecule has 0 spiro atoms. The van der Waals surface area contributed by atoms with Crippen molar-refractivity contribution >= 4 is 11.8 Å². The second kappa shape index (κ2) is 11.9. The van der Waals surface area contributed by atoms with E-state index >= 15 is 0 Å². The molecule has 0 bridgehead atoms. The number of ether oxygens (including phenoxy) is 2. The van der Waals surface area contributed by atoms with Crippen LogP contribution in [0.2, 0.25) is 0 Å². The van der Waals surface area contributed by atoms with Crippen molar-refractivity contribution in [1.82, 2.24) is 0 Å². The molecule has 0 heterocycles. The van der Waals surface area contributed by atoms with E-state index in [4.69, 9.17) is 9.47 Å². The Kier molecular flexibility index (Phi) is 9.96. The summed E-state index contributed by atoms with van der Waals surface area (Å²) < 4.78 is 10.3. The lowest BCUT2D eigenvalue weighted by Crippen LogP contribution is -2.17. The Morgan fingerprint density at radius 2 is 1.64 bits per heavy atom. The van der Waals surface area contributed by atoms with Gasteiger partial charge in [0.25, 0.3) is 0 Å². The Labute approximate surface area is 132 Å². The highest BCUT2D eigenvalue weighted by atomic mass is 16.5. The van der Waals surface area contributed by atoms with Crippen LogP contribution in [0.4, 0.5) is 0 Å². The third-order valence-corrected chi connectivity index (χ3v) is 3.34. The molecule has 0 N–H and O–H groups in total. The number of hydrogen-bond acceptors (Lipinski definition) is 4. The predicted octanol–water partition coefficient (Wildman–Crippen LogP) is 3.68. The summed E-state index contributed by atoms with van der Waals surface area (Å²) in [5.74, 6) is -1.15. The van der Waals surface area contributed by atoms with Crippen molar-refractivity contribution in [2.75, 3.05) is 13.2 Å². The van der Waals surface area contributed by atoms with Gasteiger partial charge >= 0.3 is 5.97 Å². The van der Waals surface area contributed by atoms with Crippen molar-refractivity contribution in [3.8, 4) is 0 Å². The van der Waals surface area contributed by atoms with Gasteiger partial charge in [0.2, 0.25) is 5.78 Å². The Balaban J connectivity index is 2.03. The highest BCUT2D eigenvalue weighted by molar-refractivity contribution is 6.33. The maximum Gasteiger partial charge on any atom is 0.374 e. The van der Waals surface area contributed by atoms with Crippen LogP contribution >= 0.6 is 0 Å². The fraction of sp³-hybridized carbons (Fsp3) is 0.556. The number of benzene rings is 1. The zero-order valence-electron chi connectivity index (χ0n) is 13.4. The second-order valence-electron chi connectivity index (χ2n) is 5.20. The van der Waals surface area contributed by atoms with Crippen molar-refractivity contribution in [3.63, 3.8) is 0 Å². The summed E-state index contributed by atoms with van der Waals surface area (Å²) in [6.45, 7) is 3.71. The molecule has 0 atom stereocenters. The van der Waals surface area contributed by atoms with Gasteiger partial charge in [0.05, 0.1) is 0 Å². The minimum atomic E-state index is -0.722. The van der Waals surface area contributed by atoms with Crippen molar-refractivity contribution in [1.29, 1.82) is 0 Å². The first kappa shape index (κ1) is 18.4. The Morgan fingerprint density at radius 1 is 0.955 bits per heavy atom. The summed E-state index contributed by atoms with van der Waals surface area (Å²) >= 11 is 0. The third-order valence-electron chi connectivity index (χ3n) is 3.34. The van der Waals surface area contributed by atoms with E-state index < -0.39 is 11.8 Å². The van der Waals surface area contributed by atoms with Crippen molar-refractivity contribution in [3.05, 3.63) is 35.9 Å². The van der Waals surface area contributed by atoms with Crippen LogP contribution < -0.4 is 0 Å². The van der Waals surface area contributed by atoms with E-state index in [1.54, 1.807) is 0 Å². The summed E-state index contributed by atoms with van der Waals surface area (Å²) in [7, 11) is 0. The second-order valence-corrected chi connectivity index (χ2v) is 5.20. The van der Waals surface area contributed by atoms with Crippen LogP contribution in [0, 0.1) is 0 Å². The van der Waals surface area contributed by atoms with E-state index in [9.17, 15) is 9.59 Å². The molecule has 1 aromatic rings. The van der Waals surface area contributed by atoms with Crippen molar-refractivity contribution in [2.45, 2.75) is 52.1 Å². The summed E-state index contributed by atoms with van der Waals surface area (Å²) in [6.07, 6.45) is 5.21. The van der Waals surface area contributed by atoms with Crippen LogP contribution in [0.5, 0.6) is 0 Å². The topological polar surface area (TPSA) is 52.6 Å². The number of hydrogen-bond donors (Lipinski definition) is 0. The summed E-state index contributed by atoms with van der Waals surface area (Å²) in [4.78, 5) is 23.2. The van der Waals surface area contributed by atoms with Gasteiger partial charge in [-0.05, 0) is 25.3 Å². The molecule has 4 heteroatoms. The van der Waals surface area contributed by atoms with Crippen LogP contribution in [-0.2, 0) is 25.7 Å². The molecule has 1 aromatic carbocycles. The molecule has 0 aromatic heterocycles. The first-order chi connectivity index (χ1) is 10.7. The molecule has 22 heavy (non-hydrogen) atoms. The standard InChI is InChI=1S/C18H26O4/c1-2-21-14-10-5-3-4-9-13-17(19)18(20)22-15-16-11-7-6-8-12-16/h6-8,11-12H,2-5,9-10,13-15H2,1H3. The number of Topliss-reactive ketones (excluding diaryl/α,β-unsaturated/α-hetero) is 1. The molecule has 0 radical (unpaired) electrons. The minimum absolute atomic E-state index is 0.156. The van der Waals surface area contributed by atoms with E-state index in [-0.39, 0.29) is 13.0 Å². The summed E-state index contributed by atoms with van der Waals surface area (Å²) in [6, 6.07) is 9.36. The first-order valence-electron chi connectivity index (χ1n) is 8.05. The lowest BCUT2D eigenvalue weighted by molar-refractivity contribution is -0.154. The quantitative estimate of drug-likeness (QED) is 0.336. The average Bonchev–Trinajstić information content (AvgIpc) is 2.55. The lowest BCUT2D eigenvalue weighted by atomic mass is 10.1. The Morgan fingerprint density at radius 3 is 2.36 bits per heavy atom. The van der Waals surface area contributed by atoms with Crippen LogP contribution in [0.3, 0.4) is 0 Å². The number of unbranched alkanes of at least 4 members (excludes halogenated alkanes) is 4. The van der Waals surface area contributed by atoms with E-state index in [1.807, 2.05) is 37.3 Å². The van der Waals surface area contributed by atoms with Crippen molar-refractivity contribution < 1.29 is 19.1 Å². The fourth-order valence-corrected chi connectivity index (χ4v) is 2.07. The zero-order chi connectivity index (χ0) is 16.0. The van der Waals surface area contributed by atoms with Gasteiger partial charge in [-0.1, -0.05) is 49.6 Å². The summed E-state index contributed by atoms with van der Waals surface area (Å²) in [5.41, 5.74) is 0.887. The fourth-order valence-electron chi connectivity index (χ4n) is 2.07. The van der Waals surface area contributed by atoms with Gasteiger partial charge in [-0.25, -0.2) is 4.79 Å². The largest absolute Gasteiger partial charge is 0.455 e. The van der Waals surface area contributed by atoms with E-state index in [1.165, 1.54) is 0 Å². The normalized spacial score (nSPS) is 10.4. The van der Waals surface area contributed by atoms with Crippen LogP contribution in [0.15, 0.2) is 30.3 Å². The molecule has 4 nitrogen and oxygen atoms in total. The average molecular weight is 306 g/mol. The Hall–Kier alpha value is -1.68. The van der Waals surface area contributed by atoms with Gasteiger partial charge in [0.1, 0.15) is 6.61 Å². The smallest absolute Gasteiger partial charge is 0.374 e. The van der Waals surface area contributed by atoms with Crippen molar-refractivity contribution in [2.24, 2.45) is 0 Å². The van der Waals surface area contributed by atoms with Gasteiger partial charge in [0, 0.05) is 19.6 Å². The highest BCUT2D eigenvalue weighted by Crippen LogP contribution is 2.07. The molecular weight excluding hydrogens is 280 g/mol. The SMILES string of the molecule is CCOCCCCCCCC(=O)C(=O)OCc1ccccc1. The molecular formula is C18H26O4. The molecule has 0 aliphatic carbocycles. The van der Waals surface area contributed by atoms with Gasteiger partial charge in [0.15, 0.2) is 0 Å². The van der Waals surface area contributed by atoms with E-state index in [2.05, 4.69) is 0 Å². The molecule has 0 saturated carbocycles. The first-order valence-corrected chi connectivity index (χ1v) is 8.05. The minimum Gasteiger partial charge on any atom is -0.455 e. The molecule has 0 unspecified atom stereocenters. The molecule has 0 fully saturated rings. The van der Waals surface area contributed by atoms with Gasteiger partial charge in [-0.3, -0.25) is 4.79 Å². The number of rotatable bonds is 12. The van der Waals surface area contributed by atoms with Gasteiger partial charge in [-0.15, -0.1) is 0 Å². The number of carbonyl (C=O) groups is 2. The Bertz CT molecular complexity index is 428. The van der Waals surface area contributed by atoms with E-state index in [0.717, 1.165) is 50.9 Å². The lowest BCUT2D eigenvalue weighted by Gasteiger charge is -2.04. The summed E-state index contributed by atoms with van der Waals surface area (Å²) in [5, 5.41) is 0. The monoisotopic (exact) mass is 306 g/mol. The van der Waals surface area contributed by atoms with Gasteiger partial charge in [-0.2, -0.15) is 0 Å². The number of carbonyl (C=O) groups excluding carboxylic acids is 2.